The van der Waals surface area contributed by atoms with E-state index in [1.807, 2.05) is 11.7 Å². The molecule has 19 heavy (non-hydrogen) atoms. The molecule has 0 spiro atoms. The molecule has 1 aliphatic heterocycles. The van der Waals surface area contributed by atoms with E-state index in [-0.39, 0.29) is 0 Å². The minimum atomic E-state index is 0.407. The van der Waals surface area contributed by atoms with Gasteiger partial charge in [0, 0.05) is 19.0 Å². The Morgan fingerprint density at radius 1 is 1.16 bits per heavy atom. The molecule has 0 aromatic carbocycles. The van der Waals surface area contributed by atoms with Crippen LogP contribution in [0.2, 0.25) is 0 Å². The van der Waals surface area contributed by atoms with Crippen LogP contribution in [0.15, 0.2) is 0 Å². The standard InChI is InChI=1S/C15H26N4/c1-10(2)14-17-15(19(3)18-14)13-9-8-11-6-4-5-7-12(11)16-13/h10-13,16H,4-9H2,1-3H3. The van der Waals surface area contributed by atoms with Crippen LogP contribution in [0, 0.1) is 5.92 Å². The summed E-state index contributed by atoms with van der Waals surface area (Å²) in [5, 5.41) is 8.40. The maximum Gasteiger partial charge on any atom is 0.153 e. The van der Waals surface area contributed by atoms with Gasteiger partial charge in [-0.25, -0.2) is 4.98 Å². The lowest BCUT2D eigenvalue weighted by Crippen LogP contribution is -2.45. The zero-order valence-electron chi connectivity index (χ0n) is 12.4. The van der Waals surface area contributed by atoms with E-state index in [4.69, 9.17) is 4.98 Å². The van der Waals surface area contributed by atoms with E-state index in [9.17, 15) is 0 Å². The highest BCUT2D eigenvalue weighted by molar-refractivity contribution is 5.04. The molecule has 4 nitrogen and oxygen atoms in total. The Hall–Kier alpha value is -0.900. The van der Waals surface area contributed by atoms with Crippen LogP contribution in [-0.2, 0) is 7.05 Å². The molecule has 4 heteroatoms. The normalized spacial score (nSPS) is 31.5. The molecule has 3 rings (SSSR count). The highest BCUT2D eigenvalue weighted by Gasteiger charge is 2.34. The van der Waals surface area contributed by atoms with E-state index in [2.05, 4.69) is 24.3 Å². The van der Waals surface area contributed by atoms with Crippen LogP contribution in [0.3, 0.4) is 0 Å². The molecule has 0 radical (unpaired) electrons. The summed E-state index contributed by atoms with van der Waals surface area (Å²) in [5.74, 6) is 3.42. The number of hydrogen-bond acceptors (Lipinski definition) is 3. The predicted molar refractivity (Wildman–Crippen MR) is 75.9 cm³/mol. The van der Waals surface area contributed by atoms with Crippen molar-refractivity contribution in [1.29, 1.82) is 0 Å². The Morgan fingerprint density at radius 3 is 2.68 bits per heavy atom. The summed E-state index contributed by atoms with van der Waals surface area (Å²) in [6, 6.07) is 1.12. The maximum atomic E-state index is 4.76. The largest absolute Gasteiger partial charge is 0.304 e. The van der Waals surface area contributed by atoms with Crippen LogP contribution in [0.4, 0.5) is 0 Å². The van der Waals surface area contributed by atoms with Gasteiger partial charge in [0.15, 0.2) is 5.82 Å². The summed E-state index contributed by atoms with van der Waals surface area (Å²) < 4.78 is 1.98. The van der Waals surface area contributed by atoms with Gasteiger partial charge in [-0.15, -0.1) is 0 Å². The van der Waals surface area contributed by atoms with Gasteiger partial charge in [0.25, 0.3) is 0 Å². The Morgan fingerprint density at radius 2 is 1.95 bits per heavy atom. The van der Waals surface area contributed by atoms with Crippen molar-refractivity contribution < 1.29 is 0 Å². The molecule has 1 saturated heterocycles. The van der Waals surface area contributed by atoms with Crippen LogP contribution in [0.5, 0.6) is 0 Å². The molecule has 1 saturated carbocycles. The van der Waals surface area contributed by atoms with Gasteiger partial charge in [-0.3, -0.25) is 4.68 Å². The van der Waals surface area contributed by atoms with E-state index in [0.29, 0.717) is 18.0 Å². The van der Waals surface area contributed by atoms with Crippen LogP contribution in [0.1, 0.15) is 76.0 Å². The third-order valence-electron chi connectivity index (χ3n) is 4.79. The molecule has 106 valence electrons. The minimum Gasteiger partial charge on any atom is -0.304 e. The molecule has 2 aliphatic rings. The average Bonchev–Trinajstić information content (AvgIpc) is 2.80. The number of nitrogens with one attached hydrogen (secondary N) is 1. The maximum absolute atomic E-state index is 4.76. The summed E-state index contributed by atoms with van der Waals surface area (Å²) in [6.45, 7) is 4.31. The van der Waals surface area contributed by atoms with Crippen LogP contribution in [0.25, 0.3) is 0 Å². The van der Waals surface area contributed by atoms with Crippen molar-refractivity contribution in [2.45, 2.75) is 70.4 Å². The smallest absolute Gasteiger partial charge is 0.153 e. The quantitative estimate of drug-likeness (QED) is 0.891. The van der Waals surface area contributed by atoms with Gasteiger partial charge < -0.3 is 5.32 Å². The molecule has 3 unspecified atom stereocenters. The topological polar surface area (TPSA) is 42.7 Å². The molecule has 2 heterocycles. The second-order valence-electron chi connectivity index (χ2n) is 6.55. The fourth-order valence-electron chi connectivity index (χ4n) is 3.66. The highest BCUT2D eigenvalue weighted by atomic mass is 15.3. The van der Waals surface area contributed by atoms with Crippen LogP contribution in [-0.4, -0.2) is 20.8 Å². The molecule has 2 fully saturated rings. The van der Waals surface area contributed by atoms with Crippen molar-refractivity contribution in [3.63, 3.8) is 0 Å². The van der Waals surface area contributed by atoms with E-state index in [1.54, 1.807) is 0 Å². The molecular formula is C15H26N4. The molecule has 1 aromatic heterocycles. The minimum absolute atomic E-state index is 0.407. The first-order chi connectivity index (χ1) is 9.15. The highest BCUT2D eigenvalue weighted by Crippen LogP contribution is 2.36. The van der Waals surface area contributed by atoms with E-state index < -0.39 is 0 Å². The first-order valence-electron chi connectivity index (χ1n) is 7.82. The monoisotopic (exact) mass is 262 g/mol. The molecule has 3 atom stereocenters. The summed E-state index contributed by atoms with van der Waals surface area (Å²) >= 11 is 0. The molecule has 0 amide bonds. The van der Waals surface area contributed by atoms with E-state index in [0.717, 1.165) is 17.6 Å². The van der Waals surface area contributed by atoms with Crippen molar-refractivity contribution in [3.05, 3.63) is 11.6 Å². The molecular weight excluding hydrogens is 236 g/mol. The summed E-state index contributed by atoms with van der Waals surface area (Å²) in [7, 11) is 2.03. The fraction of sp³-hybridized carbons (Fsp3) is 0.867. The molecule has 1 N–H and O–H groups in total. The lowest BCUT2D eigenvalue weighted by atomic mass is 9.77. The Labute approximate surface area is 116 Å². The predicted octanol–water partition coefficient (Wildman–Crippen LogP) is 2.92. The Balaban J connectivity index is 1.75. The lowest BCUT2D eigenvalue weighted by molar-refractivity contribution is 0.171. The molecule has 0 bridgehead atoms. The second-order valence-corrected chi connectivity index (χ2v) is 6.55. The van der Waals surface area contributed by atoms with E-state index in [1.165, 1.54) is 38.5 Å². The van der Waals surface area contributed by atoms with Gasteiger partial charge in [-0.2, -0.15) is 5.10 Å². The number of fused-ring (bicyclic) bond motifs is 1. The van der Waals surface area contributed by atoms with Crippen molar-refractivity contribution in [3.8, 4) is 0 Å². The summed E-state index contributed by atoms with van der Waals surface area (Å²) in [5.41, 5.74) is 0. The fourth-order valence-corrected chi connectivity index (χ4v) is 3.66. The number of nitrogens with zero attached hydrogens (tertiary/aromatic N) is 3. The van der Waals surface area contributed by atoms with Crippen molar-refractivity contribution in [1.82, 2.24) is 20.1 Å². The molecule has 1 aliphatic carbocycles. The van der Waals surface area contributed by atoms with Gasteiger partial charge in [-0.1, -0.05) is 26.7 Å². The number of aryl methyl sites for hydroxylation is 1. The van der Waals surface area contributed by atoms with Crippen molar-refractivity contribution in [2.24, 2.45) is 13.0 Å². The number of rotatable bonds is 2. The van der Waals surface area contributed by atoms with Gasteiger partial charge in [0.2, 0.25) is 0 Å². The second kappa shape index (κ2) is 5.23. The first kappa shape index (κ1) is 13.1. The van der Waals surface area contributed by atoms with Crippen molar-refractivity contribution in [2.75, 3.05) is 0 Å². The third kappa shape index (κ3) is 2.55. The number of piperidine rings is 1. The summed E-state index contributed by atoms with van der Waals surface area (Å²) in [4.78, 5) is 4.76. The van der Waals surface area contributed by atoms with Crippen LogP contribution >= 0.6 is 0 Å². The third-order valence-corrected chi connectivity index (χ3v) is 4.79. The first-order valence-corrected chi connectivity index (χ1v) is 7.82. The number of hydrogen-bond donors (Lipinski definition) is 1. The van der Waals surface area contributed by atoms with Gasteiger partial charge in [-0.05, 0) is 31.6 Å². The molecule has 1 aromatic rings. The zero-order valence-corrected chi connectivity index (χ0v) is 12.4. The van der Waals surface area contributed by atoms with Gasteiger partial charge in [0.1, 0.15) is 5.82 Å². The van der Waals surface area contributed by atoms with E-state index >= 15 is 0 Å². The van der Waals surface area contributed by atoms with Gasteiger partial charge in [0.05, 0.1) is 6.04 Å². The summed E-state index contributed by atoms with van der Waals surface area (Å²) in [6.07, 6.45) is 8.14. The SMILES string of the molecule is CC(C)c1nc(C2CCC3CCCCC3N2)n(C)n1. The Kier molecular flexibility index (Phi) is 3.61. The lowest BCUT2D eigenvalue weighted by Gasteiger charge is -2.40. The van der Waals surface area contributed by atoms with Crippen molar-refractivity contribution >= 4 is 0 Å². The van der Waals surface area contributed by atoms with Crippen LogP contribution < -0.4 is 5.32 Å². The van der Waals surface area contributed by atoms with Gasteiger partial charge >= 0.3 is 0 Å². The number of aromatic nitrogens is 3. The average molecular weight is 262 g/mol. The Bertz CT molecular complexity index is 437. The zero-order chi connectivity index (χ0) is 13.4.